The number of hydrogen-bond donors (Lipinski definition) is 1. The Morgan fingerprint density at radius 2 is 2.29 bits per heavy atom. The van der Waals surface area contributed by atoms with Crippen molar-refractivity contribution in [2.24, 2.45) is 0 Å². The highest BCUT2D eigenvalue weighted by Crippen LogP contribution is 2.23. The maximum absolute atomic E-state index is 12.9. The summed E-state index contributed by atoms with van der Waals surface area (Å²) in [6, 6.07) is 3.31. The second-order valence-corrected chi connectivity index (χ2v) is 3.29. The van der Waals surface area contributed by atoms with Gasteiger partial charge in [0.15, 0.2) is 0 Å². The quantitative estimate of drug-likeness (QED) is 0.517. The molecule has 0 fully saturated rings. The van der Waals surface area contributed by atoms with Crippen LogP contribution in [0.2, 0.25) is 0 Å². The molecule has 76 valence electrons. The molecule has 0 amide bonds. The van der Waals surface area contributed by atoms with Crippen molar-refractivity contribution in [2.75, 3.05) is 5.33 Å². The van der Waals surface area contributed by atoms with Gasteiger partial charge < -0.3 is 5.11 Å². The molecule has 4 nitrogen and oxygen atoms in total. The fraction of sp³-hybridized carbons (Fsp3) is 0.250. The number of hydrogen-bond acceptors (Lipinski definition) is 3. The Bertz CT molecular complexity index is 358. The normalized spacial score (nSPS) is 12.5. The molecular formula is C8H7BrFNO3. The second-order valence-electron chi connectivity index (χ2n) is 2.64. The van der Waals surface area contributed by atoms with Crippen LogP contribution in [0, 0.1) is 15.9 Å². The van der Waals surface area contributed by atoms with E-state index in [1.807, 2.05) is 0 Å². The summed E-state index contributed by atoms with van der Waals surface area (Å²) in [7, 11) is 0. The highest BCUT2D eigenvalue weighted by atomic mass is 79.9. The summed E-state index contributed by atoms with van der Waals surface area (Å²) >= 11 is 3.02. The van der Waals surface area contributed by atoms with Crippen LogP contribution in [0.5, 0.6) is 0 Å². The van der Waals surface area contributed by atoms with Crippen LogP contribution in [0.25, 0.3) is 0 Å². The molecule has 1 rings (SSSR count). The molecule has 1 atom stereocenters. The van der Waals surface area contributed by atoms with Gasteiger partial charge >= 0.3 is 5.69 Å². The third kappa shape index (κ3) is 2.27. The lowest BCUT2D eigenvalue weighted by Crippen LogP contribution is -2.00. The van der Waals surface area contributed by atoms with E-state index in [2.05, 4.69) is 15.9 Å². The van der Waals surface area contributed by atoms with Crippen molar-refractivity contribution in [3.8, 4) is 0 Å². The van der Waals surface area contributed by atoms with Crippen LogP contribution in [0.1, 0.15) is 11.7 Å². The molecule has 0 aliphatic carbocycles. The summed E-state index contributed by atoms with van der Waals surface area (Å²) in [4.78, 5) is 9.54. The summed E-state index contributed by atoms with van der Waals surface area (Å²) < 4.78 is 12.9. The van der Waals surface area contributed by atoms with E-state index in [0.29, 0.717) is 5.56 Å². The van der Waals surface area contributed by atoms with Crippen LogP contribution >= 0.6 is 15.9 Å². The third-order valence-electron chi connectivity index (χ3n) is 1.70. The maximum atomic E-state index is 12.9. The molecule has 0 aliphatic heterocycles. The van der Waals surface area contributed by atoms with E-state index in [9.17, 15) is 19.6 Å². The zero-order chi connectivity index (χ0) is 10.7. The molecule has 0 radical (unpaired) electrons. The first-order valence-electron chi connectivity index (χ1n) is 3.74. The van der Waals surface area contributed by atoms with Crippen LogP contribution < -0.4 is 0 Å². The molecule has 0 heterocycles. The van der Waals surface area contributed by atoms with E-state index < -0.39 is 22.5 Å². The summed E-state index contributed by atoms with van der Waals surface area (Å²) in [5.74, 6) is -0.902. The van der Waals surface area contributed by atoms with Gasteiger partial charge in [0.05, 0.1) is 11.0 Å². The minimum Gasteiger partial charge on any atom is -0.388 e. The molecule has 14 heavy (non-hydrogen) atoms. The lowest BCUT2D eigenvalue weighted by atomic mass is 10.1. The van der Waals surface area contributed by atoms with E-state index in [1.54, 1.807) is 0 Å². The Hall–Kier alpha value is -1.01. The molecule has 6 heteroatoms. The first-order valence-corrected chi connectivity index (χ1v) is 4.86. The van der Waals surface area contributed by atoms with Crippen molar-refractivity contribution in [1.82, 2.24) is 0 Å². The van der Waals surface area contributed by atoms with Crippen LogP contribution in [-0.2, 0) is 0 Å². The summed E-state index contributed by atoms with van der Waals surface area (Å²) in [5, 5.41) is 19.9. The van der Waals surface area contributed by atoms with Gasteiger partial charge in [-0.25, -0.2) is 0 Å². The standard InChI is InChI=1S/C8H7BrFNO3/c9-4-8(12)5-1-2-6(10)7(3-5)11(13)14/h1-3,8,12H,4H2. The van der Waals surface area contributed by atoms with Gasteiger partial charge in [-0.3, -0.25) is 10.1 Å². The number of aliphatic hydroxyl groups excluding tert-OH is 1. The fourth-order valence-electron chi connectivity index (χ4n) is 0.966. The number of nitrogens with zero attached hydrogens (tertiary/aromatic N) is 1. The third-order valence-corrected chi connectivity index (χ3v) is 2.31. The Kier molecular flexibility index (Phi) is 3.54. The van der Waals surface area contributed by atoms with Gasteiger partial charge in [0.25, 0.3) is 0 Å². The molecular weight excluding hydrogens is 257 g/mol. The van der Waals surface area contributed by atoms with Crippen LogP contribution in [0.3, 0.4) is 0 Å². The molecule has 0 bridgehead atoms. The number of nitro groups is 1. The zero-order valence-corrected chi connectivity index (χ0v) is 8.57. The van der Waals surface area contributed by atoms with Gasteiger partial charge in [0.2, 0.25) is 5.82 Å². The van der Waals surface area contributed by atoms with Crippen molar-refractivity contribution in [1.29, 1.82) is 0 Å². The Balaban J connectivity index is 3.12. The van der Waals surface area contributed by atoms with E-state index in [4.69, 9.17) is 0 Å². The van der Waals surface area contributed by atoms with Gasteiger partial charge in [-0.1, -0.05) is 22.0 Å². The molecule has 0 saturated carbocycles. The van der Waals surface area contributed by atoms with E-state index in [1.165, 1.54) is 6.07 Å². The Morgan fingerprint density at radius 3 is 2.79 bits per heavy atom. The average molecular weight is 264 g/mol. The van der Waals surface area contributed by atoms with Crippen molar-refractivity contribution < 1.29 is 14.4 Å². The average Bonchev–Trinajstić information content (AvgIpc) is 2.17. The molecule has 0 aliphatic rings. The van der Waals surface area contributed by atoms with Crippen LogP contribution in [0.15, 0.2) is 18.2 Å². The minimum atomic E-state index is -0.902. The molecule has 1 aromatic rings. The first-order chi connectivity index (χ1) is 6.56. The SMILES string of the molecule is O=[N+]([O-])c1cc(C(O)CBr)ccc1F. The number of benzene rings is 1. The molecule has 0 spiro atoms. The minimum absolute atomic E-state index is 0.246. The van der Waals surface area contributed by atoms with Crippen molar-refractivity contribution in [3.05, 3.63) is 39.7 Å². The Labute approximate surface area is 87.6 Å². The number of nitro benzene ring substituents is 1. The van der Waals surface area contributed by atoms with E-state index in [0.717, 1.165) is 12.1 Å². The summed E-state index contributed by atoms with van der Waals surface area (Å²) in [6.45, 7) is 0. The number of rotatable bonds is 3. The molecule has 1 N–H and O–H groups in total. The van der Waals surface area contributed by atoms with Gasteiger partial charge in [0, 0.05) is 11.4 Å². The first kappa shape index (κ1) is 11.1. The maximum Gasteiger partial charge on any atom is 0.305 e. The summed E-state index contributed by atoms with van der Waals surface area (Å²) in [5.41, 5.74) is -0.308. The van der Waals surface area contributed by atoms with E-state index in [-0.39, 0.29) is 5.33 Å². The van der Waals surface area contributed by atoms with Crippen molar-refractivity contribution in [3.63, 3.8) is 0 Å². The predicted molar refractivity (Wildman–Crippen MR) is 51.8 cm³/mol. The fourth-order valence-corrected chi connectivity index (χ4v) is 1.34. The summed E-state index contributed by atoms with van der Waals surface area (Å²) in [6.07, 6.45) is -0.866. The van der Waals surface area contributed by atoms with Crippen molar-refractivity contribution >= 4 is 21.6 Å². The van der Waals surface area contributed by atoms with Gasteiger partial charge in [0.1, 0.15) is 0 Å². The number of halogens is 2. The van der Waals surface area contributed by atoms with E-state index >= 15 is 0 Å². The number of aliphatic hydroxyl groups is 1. The zero-order valence-electron chi connectivity index (χ0n) is 6.98. The Morgan fingerprint density at radius 1 is 1.64 bits per heavy atom. The molecule has 0 aromatic heterocycles. The molecule has 0 saturated heterocycles. The highest BCUT2D eigenvalue weighted by Gasteiger charge is 2.16. The lowest BCUT2D eigenvalue weighted by Gasteiger charge is -2.06. The largest absolute Gasteiger partial charge is 0.388 e. The monoisotopic (exact) mass is 263 g/mol. The van der Waals surface area contributed by atoms with Crippen LogP contribution in [0.4, 0.5) is 10.1 Å². The second kappa shape index (κ2) is 4.47. The lowest BCUT2D eigenvalue weighted by molar-refractivity contribution is -0.387. The highest BCUT2D eigenvalue weighted by molar-refractivity contribution is 9.09. The van der Waals surface area contributed by atoms with Crippen molar-refractivity contribution in [2.45, 2.75) is 6.10 Å². The smallest absolute Gasteiger partial charge is 0.305 e. The van der Waals surface area contributed by atoms with Crippen LogP contribution in [-0.4, -0.2) is 15.4 Å². The number of alkyl halides is 1. The topological polar surface area (TPSA) is 63.4 Å². The molecule has 1 aromatic carbocycles. The van der Waals surface area contributed by atoms with Gasteiger partial charge in [-0.15, -0.1) is 0 Å². The van der Waals surface area contributed by atoms with Gasteiger partial charge in [-0.2, -0.15) is 4.39 Å². The predicted octanol–water partition coefficient (Wildman–Crippen LogP) is 2.16. The van der Waals surface area contributed by atoms with Gasteiger partial charge in [-0.05, 0) is 11.6 Å². The molecule has 1 unspecified atom stereocenters.